The number of rotatable bonds is 7. The molecular weight excluding hydrogens is 300 g/mol. The number of likely N-dealkylation sites (N-methyl/N-ethyl adjacent to an activating group) is 1. The van der Waals surface area contributed by atoms with Gasteiger partial charge in [-0.3, -0.25) is 9.69 Å². The van der Waals surface area contributed by atoms with Crippen molar-refractivity contribution >= 4 is 5.91 Å². The van der Waals surface area contributed by atoms with Gasteiger partial charge in [0.25, 0.3) is 5.91 Å². The molecule has 5 heteroatoms. The number of carbonyl (C=O) groups excluding carboxylic acids is 1. The third-order valence-electron chi connectivity index (χ3n) is 5.31. The summed E-state index contributed by atoms with van der Waals surface area (Å²) in [4.78, 5) is 17.4. The Morgan fingerprint density at radius 2 is 1.88 bits per heavy atom. The van der Waals surface area contributed by atoms with Crippen molar-refractivity contribution < 1.29 is 4.79 Å². The fraction of sp³-hybridized carbons (Fsp3) is 0.632. The minimum absolute atomic E-state index is 0.0237. The van der Waals surface area contributed by atoms with E-state index in [1.807, 2.05) is 18.2 Å². The van der Waals surface area contributed by atoms with E-state index in [0.29, 0.717) is 6.54 Å². The summed E-state index contributed by atoms with van der Waals surface area (Å²) < 4.78 is 0. The maximum Gasteiger partial charge on any atom is 0.251 e. The summed E-state index contributed by atoms with van der Waals surface area (Å²) >= 11 is 0. The summed E-state index contributed by atoms with van der Waals surface area (Å²) in [5.74, 6) is -0.0237. The molecule has 1 amide bonds. The molecule has 0 aromatic heterocycles. The molecule has 1 fully saturated rings. The van der Waals surface area contributed by atoms with E-state index in [1.54, 1.807) is 0 Å². The van der Waals surface area contributed by atoms with E-state index in [4.69, 9.17) is 5.73 Å². The number of amides is 1. The number of hydrogen-bond acceptors (Lipinski definition) is 4. The summed E-state index contributed by atoms with van der Waals surface area (Å²) in [5, 5.41) is 3.15. The van der Waals surface area contributed by atoms with Crippen molar-refractivity contribution in [2.75, 3.05) is 39.8 Å². The Morgan fingerprint density at radius 3 is 2.46 bits per heavy atom. The second kappa shape index (κ2) is 8.60. The van der Waals surface area contributed by atoms with Crippen molar-refractivity contribution in [3.8, 4) is 0 Å². The molecule has 24 heavy (non-hydrogen) atoms. The lowest BCUT2D eigenvalue weighted by Crippen LogP contribution is -2.52. The molecule has 0 atom stereocenters. The Labute approximate surface area is 146 Å². The number of carbonyl (C=O) groups is 1. The zero-order chi connectivity index (χ0) is 17.6. The normalized spacial score (nSPS) is 17.0. The van der Waals surface area contributed by atoms with E-state index in [2.05, 4.69) is 42.1 Å². The first kappa shape index (κ1) is 18.9. The van der Waals surface area contributed by atoms with Gasteiger partial charge in [-0.15, -0.1) is 0 Å². The monoisotopic (exact) mass is 332 g/mol. The second-order valence-electron chi connectivity index (χ2n) is 6.93. The van der Waals surface area contributed by atoms with E-state index in [9.17, 15) is 4.79 Å². The molecule has 1 aromatic rings. The third-order valence-corrected chi connectivity index (χ3v) is 5.31. The van der Waals surface area contributed by atoms with Gasteiger partial charge in [-0.2, -0.15) is 0 Å². The summed E-state index contributed by atoms with van der Waals surface area (Å²) in [7, 11) is 2.16. The lowest BCUT2D eigenvalue weighted by Gasteiger charge is -2.32. The number of benzene rings is 1. The van der Waals surface area contributed by atoms with Gasteiger partial charge in [-0.05, 0) is 37.6 Å². The van der Waals surface area contributed by atoms with Gasteiger partial charge in [0.05, 0.1) is 5.54 Å². The van der Waals surface area contributed by atoms with Crippen molar-refractivity contribution in [3.63, 3.8) is 0 Å². The van der Waals surface area contributed by atoms with Gasteiger partial charge in [0.2, 0.25) is 0 Å². The van der Waals surface area contributed by atoms with Crippen LogP contribution in [0.5, 0.6) is 0 Å². The van der Waals surface area contributed by atoms with Crippen LogP contribution in [0.3, 0.4) is 0 Å². The number of hydrogen-bond donors (Lipinski definition) is 2. The summed E-state index contributed by atoms with van der Waals surface area (Å²) in [6.07, 6.45) is 1.68. The zero-order valence-corrected chi connectivity index (χ0v) is 15.3. The van der Waals surface area contributed by atoms with Gasteiger partial charge in [-0.25, -0.2) is 0 Å². The van der Waals surface area contributed by atoms with Crippen LogP contribution in [0.25, 0.3) is 0 Å². The summed E-state index contributed by atoms with van der Waals surface area (Å²) in [6.45, 7) is 9.87. The van der Waals surface area contributed by atoms with E-state index >= 15 is 0 Å². The average Bonchev–Trinajstić information content (AvgIpc) is 2.62. The number of nitrogens with zero attached hydrogens (tertiary/aromatic N) is 2. The topological polar surface area (TPSA) is 61.6 Å². The predicted octanol–water partition coefficient (Wildman–Crippen LogP) is 1.68. The molecule has 1 saturated heterocycles. The fourth-order valence-corrected chi connectivity index (χ4v) is 3.15. The average molecular weight is 332 g/mol. The predicted molar refractivity (Wildman–Crippen MR) is 99.0 cm³/mol. The molecule has 0 bridgehead atoms. The first-order valence-corrected chi connectivity index (χ1v) is 9.04. The number of nitrogens with two attached hydrogens (primary N) is 1. The van der Waals surface area contributed by atoms with Crippen LogP contribution in [0.15, 0.2) is 24.3 Å². The maximum atomic E-state index is 12.6. The molecule has 0 spiro atoms. The molecule has 1 aliphatic heterocycles. The van der Waals surface area contributed by atoms with E-state index < -0.39 is 0 Å². The third kappa shape index (κ3) is 4.79. The second-order valence-corrected chi connectivity index (χ2v) is 6.93. The van der Waals surface area contributed by atoms with Crippen LogP contribution in [0.2, 0.25) is 0 Å². The molecule has 134 valence electrons. The molecule has 3 N–H and O–H groups in total. The van der Waals surface area contributed by atoms with Gasteiger partial charge in [0.1, 0.15) is 0 Å². The van der Waals surface area contributed by atoms with Crippen LogP contribution in [-0.2, 0) is 6.54 Å². The minimum Gasteiger partial charge on any atom is -0.345 e. The molecule has 2 rings (SSSR count). The van der Waals surface area contributed by atoms with E-state index in [-0.39, 0.29) is 11.4 Å². The van der Waals surface area contributed by atoms with Crippen molar-refractivity contribution in [2.45, 2.75) is 38.8 Å². The Morgan fingerprint density at radius 1 is 1.21 bits per heavy atom. The first-order valence-electron chi connectivity index (χ1n) is 9.04. The Kier molecular flexibility index (Phi) is 6.78. The summed E-state index contributed by atoms with van der Waals surface area (Å²) in [6, 6.07) is 7.98. The van der Waals surface area contributed by atoms with Crippen molar-refractivity contribution in [1.29, 1.82) is 0 Å². The van der Waals surface area contributed by atoms with Crippen LogP contribution in [0.1, 0.15) is 42.6 Å². The zero-order valence-electron chi connectivity index (χ0n) is 15.3. The van der Waals surface area contributed by atoms with Gasteiger partial charge in [0.15, 0.2) is 0 Å². The van der Waals surface area contributed by atoms with E-state index in [0.717, 1.165) is 51.1 Å². The van der Waals surface area contributed by atoms with Crippen molar-refractivity contribution in [2.24, 2.45) is 5.73 Å². The van der Waals surface area contributed by atoms with Crippen LogP contribution < -0.4 is 11.1 Å². The highest BCUT2D eigenvalue weighted by Crippen LogP contribution is 2.16. The smallest absolute Gasteiger partial charge is 0.251 e. The molecule has 1 aromatic carbocycles. The molecule has 0 saturated carbocycles. The molecule has 0 radical (unpaired) electrons. The SMILES string of the molecule is CCC(CC)(CN)NC(=O)c1cccc(CN2CCN(C)CC2)c1. The fourth-order valence-electron chi connectivity index (χ4n) is 3.15. The van der Waals surface area contributed by atoms with Crippen LogP contribution in [0, 0.1) is 0 Å². The van der Waals surface area contributed by atoms with Gasteiger partial charge < -0.3 is 16.0 Å². The largest absolute Gasteiger partial charge is 0.345 e. The summed E-state index contributed by atoms with van der Waals surface area (Å²) in [5.41, 5.74) is 7.51. The standard InChI is InChI=1S/C19H32N4O/c1-4-19(5-2,15-20)21-18(24)17-8-6-7-16(13-17)14-23-11-9-22(3)10-12-23/h6-8,13H,4-5,9-12,14-15,20H2,1-3H3,(H,21,24). The highest BCUT2D eigenvalue weighted by molar-refractivity contribution is 5.94. The lowest BCUT2D eigenvalue weighted by molar-refractivity contribution is 0.0895. The first-order chi connectivity index (χ1) is 11.5. The quantitative estimate of drug-likeness (QED) is 0.797. The highest BCUT2D eigenvalue weighted by Gasteiger charge is 2.26. The minimum atomic E-state index is -0.301. The van der Waals surface area contributed by atoms with Gasteiger partial charge >= 0.3 is 0 Å². The molecule has 1 heterocycles. The van der Waals surface area contributed by atoms with Crippen molar-refractivity contribution in [3.05, 3.63) is 35.4 Å². The Balaban J connectivity index is 2.02. The molecule has 0 unspecified atom stereocenters. The maximum absolute atomic E-state index is 12.6. The van der Waals surface area contributed by atoms with Crippen LogP contribution >= 0.6 is 0 Å². The highest BCUT2D eigenvalue weighted by atomic mass is 16.1. The lowest BCUT2D eigenvalue weighted by atomic mass is 9.92. The number of piperazine rings is 1. The van der Waals surface area contributed by atoms with Gasteiger partial charge in [0, 0.05) is 44.8 Å². The molecular formula is C19H32N4O. The van der Waals surface area contributed by atoms with Gasteiger partial charge in [-0.1, -0.05) is 26.0 Å². The van der Waals surface area contributed by atoms with Crippen molar-refractivity contribution in [1.82, 2.24) is 15.1 Å². The van der Waals surface area contributed by atoms with E-state index in [1.165, 1.54) is 5.56 Å². The Hall–Kier alpha value is -1.43. The van der Waals surface area contributed by atoms with Crippen LogP contribution in [-0.4, -0.2) is 61.0 Å². The molecule has 0 aliphatic carbocycles. The van der Waals surface area contributed by atoms with Crippen LogP contribution in [0.4, 0.5) is 0 Å². The molecule has 1 aliphatic rings. The number of nitrogens with one attached hydrogen (secondary N) is 1. The Bertz CT molecular complexity index is 526. The molecule has 5 nitrogen and oxygen atoms in total.